The molecule has 0 spiro atoms. The number of thiophene rings is 1. The molecule has 108 valence electrons. The monoisotopic (exact) mass is 422 g/mol. The van der Waals surface area contributed by atoms with Crippen molar-refractivity contribution in [2.75, 3.05) is 5.33 Å². The summed E-state index contributed by atoms with van der Waals surface area (Å²) in [6, 6.07) is 17.2. The quantitative estimate of drug-likeness (QED) is 0.413. The van der Waals surface area contributed by atoms with Gasteiger partial charge in [-0.1, -0.05) is 68.3 Å². The topological polar surface area (TPSA) is 0 Å². The maximum Gasteiger partial charge on any atom is 0.0345 e. The first-order valence-electron chi connectivity index (χ1n) is 7.02. The van der Waals surface area contributed by atoms with Crippen LogP contribution in [0.4, 0.5) is 0 Å². The van der Waals surface area contributed by atoms with Gasteiger partial charge in [-0.3, -0.25) is 0 Å². The van der Waals surface area contributed by atoms with Gasteiger partial charge in [-0.15, -0.1) is 11.3 Å². The molecular formula is C18H16Br2S. The fraction of sp³-hybridized carbons (Fsp3) is 0.222. The summed E-state index contributed by atoms with van der Waals surface area (Å²) in [5, 5.41) is 4.76. The SMILES string of the molecule is BrCC(Cc1ccccc1Br)Cc1csc2ccccc12. The summed E-state index contributed by atoms with van der Waals surface area (Å²) in [6.45, 7) is 0. The molecule has 0 radical (unpaired) electrons. The number of halogens is 2. The summed E-state index contributed by atoms with van der Waals surface area (Å²) in [5.74, 6) is 0.613. The molecule has 21 heavy (non-hydrogen) atoms. The van der Waals surface area contributed by atoms with Crippen molar-refractivity contribution in [3.63, 3.8) is 0 Å². The number of fused-ring (bicyclic) bond motifs is 1. The summed E-state index contributed by atoms with van der Waals surface area (Å²) in [5.41, 5.74) is 2.87. The van der Waals surface area contributed by atoms with Crippen LogP contribution >= 0.6 is 43.2 Å². The zero-order valence-corrected chi connectivity index (χ0v) is 15.5. The number of alkyl halides is 1. The zero-order valence-electron chi connectivity index (χ0n) is 11.6. The lowest BCUT2D eigenvalue weighted by Gasteiger charge is -2.15. The normalized spacial score (nSPS) is 12.7. The standard InChI is InChI=1S/C18H16Br2S/c19-11-13(9-14-5-1-3-7-17(14)20)10-15-12-21-18-8-4-2-6-16(15)18/h1-8,12-13H,9-11H2. The summed E-state index contributed by atoms with van der Waals surface area (Å²) < 4.78 is 2.60. The zero-order chi connectivity index (χ0) is 14.7. The van der Waals surface area contributed by atoms with Gasteiger partial charge in [-0.05, 0) is 52.8 Å². The van der Waals surface area contributed by atoms with Crippen molar-refractivity contribution in [2.24, 2.45) is 5.92 Å². The Bertz CT molecular complexity index is 733. The average molecular weight is 424 g/mol. The Morgan fingerprint density at radius 2 is 1.62 bits per heavy atom. The van der Waals surface area contributed by atoms with Gasteiger partial charge in [0.2, 0.25) is 0 Å². The van der Waals surface area contributed by atoms with Crippen molar-refractivity contribution in [2.45, 2.75) is 12.8 Å². The van der Waals surface area contributed by atoms with Crippen molar-refractivity contribution in [1.29, 1.82) is 0 Å². The highest BCUT2D eigenvalue weighted by molar-refractivity contribution is 9.10. The second-order valence-corrected chi connectivity index (χ2v) is 7.69. The predicted molar refractivity (Wildman–Crippen MR) is 101 cm³/mol. The first-order chi connectivity index (χ1) is 10.3. The second-order valence-electron chi connectivity index (χ2n) is 5.28. The summed E-state index contributed by atoms with van der Waals surface area (Å²) >= 11 is 9.21. The molecule has 0 saturated carbocycles. The van der Waals surface area contributed by atoms with Gasteiger partial charge in [-0.25, -0.2) is 0 Å². The van der Waals surface area contributed by atoms with E-state index in [1.807, 2.05) is 11.3 Å². The predicted octanol–water partition coefficient (Wildman–Crippen LogP) is 6.46. The Morgan fingerprint density at radius 1 is 0.905 bits per heavy atom. The van der Waals surface area contributed by atoms with Gasteiger partial charge in [0.15, 0.2) is 0 Å². The smallest absolute Gasteiger partial charge is 0.0345 e. The Balaban J connectivity index is 1.80. The van der Waals surface area contributed by atoms with Crippen LogP contribution in [0.1, 0.15) is 11.1 Å². The molecule has 1 heterocycles. The van der Waals surface area contributed by atoms with E-state index < -0.39 is 0 Å². The van der Waals surface area contributed by atoms with Gasteiger partial charge < -0.3 is 0 Å². The first kappa shape index (κ1) is 15.3. The van der Waals surface area contributed by atoms with Crippen LogP contribution in [0.15, 0.2) is 58.4 Å². The average Bonchev–Trinajstić information content (AvgIpc) is 2.92. The van der Waals surface area contributed by atoms with Crippen LogP contribution in [0.3, 0.4) is 0 Å². The lowest BCUT2D eigenvalue weighted by atomic mass is 9.94. The molecule has 1 atom stereocenters. The molecule has 0 aliphatic rings. The lowest BCUT2D eigenvalue weighted by molar-refractivity contribution is 0.593. The van der Waals surface area contributed by atoms with Crippen LogP contribution in [0, 0.1) is 5.92 Å². The Morgan fingerprint density at radius 3 is 2.43 bits per heavy atom. The highest BCUT2D eigenvalue weighted by atomic mass is 79.9. The fourth-order valence-corrected chi connectivity index (χ4v) is 4.54. The van der Waals surface area contributed by atoms with Crippen molar-refractivity contribution in [3.05, 3.63) is 69.5 Å². The largest absolute Gasteiger partial charge is 0.144 e. The van der Waals surface area contributed by atoms with Crippen molar-refractivity contribution in [1.82, 2.24) is 0 Å². The molecule has 0 aliphatic heterocycles. The molecule has 0 N–H and O–H groups in total. The van der Waals surface area contributed by atoms with Gasteiger partial charge in [0.1, 0.15) is 0 Å². The van der Waals surface area contributed by atoms with Crippen LogP contribution in [0.25, 0.3) is 10.1 Å². The van der Waals surface area contributed by atoms with Crippen LogP contribution < -0.4 is 0 Å². The highest BCUT2D eigenvalue weighted by Crippen LogP contribution is 2.29. The van der Waals surface area contributed by atoms with Crippen LogP contribution in [0.5, 0.6) is 0 Å². The van der Waals surface area contributed by atoms with Gasteiger partial charge in [0.25, 0.3) is 0 Å². The second kappa shape index (κ2) is 7.08. The lowest BCUT2D eigenvalue weighted by Crippen LogP contribution is -2.10. The Hall–Kier alpha value is -0.640. The molecule has 1 unspecified atom stereocenters. The Labute approximate surface area is 146 Å². The maximum atomic E-state index is 3.70. The van der Waals surface area contributed by atoms with Crippen molar-refractivity contribution in [3.8, 4) is 0 Å². The summed E-state index contributed by atoms with van der Waals surface area (Å²) in [4.78, 5) is 0. The van der Waals surface area contributed by atoms with E-state index in [4.69, 9.17) is 0 Å². The first-order valence-corrected chi connectivity index (χ1v) is 9.82. The molecule has 3 aromatic rings. The van der Waals surface area contributed by atoms with Crippen molar-refractivity contribution >= 4 is 53.3 Å². The van der Waals surface area contributed by atoms with Gasteiger partial charge in [-0.2, -0.15) is 0 Å². The molecule has 3 heteroatoms. The van der Waals surface area contributed by atoms with Gasteiger partial charge in [0, 0.05) is 14.5 Å². The van der Waals surface area contributed by atoms with Gasteiger partial charge in [0.05, 0.1) is 0 Å². The summed E-state index contributed by atoms with van der Waals surface area (Å²) in [6.07, 6.45) is 2.22. The number of hydrogen-bond acceptors (Lipinski definition) is 1. The van der Waals surface area contributed by atoms with E-state index >= 15 is 0 Å². The van der Waals surface area contributed by atoms with Crippen LogP contribution in [0.2, 0.25) is 0 Å². The third kappa shape index (κ3) is 3.58. The fourth-order valence-electron chi connectivity index (χ4n) is 2.66. The Kier molecular flexibility index (Phi) is 5.15. The molecular weight excluding hydrogens is 408 g/mol. The van der Waals surface area contributed by atoms with E-state index in [-0.39, 0.29) is 0 Å². The van der Waals surface area contributed by atoms with Crippen molar-refractivity contribution < 1.29 is 0 Å². The molecule has 1 aromatic heterocycles. The summed E-state index contributed by atoms with van der Waals surface area (Å²) in [7, 11) is 0. The van der Waals surface area contributed by atoms with E-state index in [0.29, 0.717) is 5.92 Å². The molecule has 0 nitrogen and oxygen atoms in total. The third-order valence-corrected chi connectivity index (χ3v) is 6.46. The highest BCUT2D eigenvalue weighted by Gasteiger charge is 2.13. The minimum Gasteiger partial charge on any atom is -0.144 e. The van der Waals surface area contributed by atoms with Crippen LogP contribution in [-0.4, -0.2) is 5.33 Å². The minimum atomic E-state index is 0.613. The molecule has 2 aromatic carbocycles. The molecule has 0 bridgehead atoms. The number of hydrogen-bond donors (Lipinski definition) is 0. The molecule has 0 fully saturated rings. The number of rotatable bonds is 5. The molecule has 3 rings (SSSR count). The van der Waals surface area contributed by atoms with E-state index in [1.54, 1.807) is 0 Å². The van der Waals surface area contributed by atoms with E-state index in [2.05, 4.69) is 85.8 Å². The van der Waals surface area contributed by atoms with Crippen LogP contribution in [-0.2, 0) is 12.8 Å². The minimum absolute atomic E-state index is 0.613. The molecule has 0 aliphatic carbocycles. The third-order valence-electron chi connectivity index (χ3n) is 3.75. The van der Waals surface area contributed by atoms with E-state index in [1.165, 1.54) is 25.7 Å². The van der Waals surface area contributed by atoms with E-state index in [0.717, 1.165) is 18.2 Å². The molecule has 0 amide bonds. The van der Waals surface area contributed by atoms with E-state index in [9.17, 15) is 0 Å². The molecule has 0 saturated heterocycles. The maximum absolute atomic E-state index is 3.70. The van der Waals surface area contributed by atoms with Gasteiger partial charge >= 0.3 is 0 Å². The number of benzene rings is 2.